The molecule has 2 unspecified atom stereocenters. The number of nitrogens with zero attached hydrogens (tertiary/aromatic N) is 4. The molecule has 148 valence electrons. The molecule has 4 nitrogen and oxygen atoms in total. The van der Waals surface area contributed by atoms with Crippen LogP contribution >= 0.6 is 46.6 Å². The van der Waals surface area contributed by atoms with E-state index in [-0.39, 0.29) is 0 Å². The lowest BCUT2D eigenvalue weighted by molar-refractivity contribution is 0.0846. The molecule has 2 atom stereocenters. The SMILES string of the molecule is CC(CCSc1nsnc1C1CN2CCC1CC2)Sc1nc2ccccc2s1. The Hall–Kier alpha value is -0.670. The largest absolute Gasteiger partial charge is 0.303 e. The fourth-order valence-electron chi connectivity index (χ4n) is 4.24. The summed E-state index contributed by atoms with van der Waals surface area (Å²) < 4.78 is 11.8. The van der Waals surface area contributed by atoms with Crippen LogP contribution in [0, 0.1) is 5.92 Å². The predicted molar refractivity (Wildman–Crippen MR) is 122 cm³/mol. The first-order chi connectivity index (χ1) is 13.8. The number of para-hydroxylation sites is 1. The minimum atomic E-state index is 0.555. The van der Waals surface area contributed by atoms with Gasteiger partial charge in [-0.3, -0.25) is 0 Å². The smallest absolute Gasteiger partial charge is 0.151 e. The van der Waals surface area contributed by atoms with E-state index in [0.29, 0.717) is 11.2 Å². The van der Waals surface area contributed by atoms with Crippen molar-refractivity contribution >= 4 is 56.8 Å². The van der Waals surface area contributed by atoms with E-state index in [1.807, 2.05) is 23.5 Å². The molecule has 2 bridgehead atoms. The minimum absolute atomic E-state index is 0.555. The number of thioether (sulfide) groups is 2. The first kappa shape index (κ1) is 19.3. The van der Waals surface area contributed by atoms with Crippen molar-refractivity contribution in [2.75, 3.05) is 25.4 Å². The Morgan fingerprint density at radius 2 is 2.07 bits per heavy atom. The van der Waals surface area contributed by atoms with Gasteiger partial charge in [-0.2, -0.15) is 8.75 Å². The van der Waals surface area contributed by atoms with Crippen molar-refractivity contribution in [2.24, 2.45) is 5.92 Å². The quantitative estimate of drug-likeness (QED) is 0.437. The highest BCUT2D eigenvalue weighted by Gasteiger charge is 2.37. The van der Waals surface area contributed by atoms with E-state index >= 15 is 0 Å². The summed E-state index contributed by atoms with van der Waals surface area (Å²) in [7, 11) is 0. The van der Waals surface area contributed by atoms with Crippen LogP contribution in [0.25, 0.3) is 10.2 Å². The summed E-state index contributed by atoms with van der Waals surface area (Å²) in [6.07, 6.45) is 3.83. The standard InChI is InChI=1S/C20H24N4S4/c1-13(26-20-21-16-4-2-3-5-17(16)27-20)8-11-25-19-18(22-28-23-19)15-12-24-9-6-14(15)7-10-24/h2-5,13-15H,6-12H2,1H3. The number of aromatic nitrogens is 3. The molecule has 28 heavy (non-hydrogen) atoms. The maximum atomic E-state index is 4.76. The van der Waals surface area contributed by atoms with Gasteiger partial charge in [-0.1, -0.05) is 30.8 Å². The normalized spacial score (nSPS) is 25.4. The molecule has 3 aliphatic rings. The Bertz CT molecular complexity index is 898. The van der Waals surface area contributed by atoms with Gasteiger partial charge in [0.15, 0.2) is 4.34 Å². The number of benzene rings is 1. The fourth-order valence-corrected chi connectivity index (χ4v) is 8.67. The topological polar surface area (TPSA) is 41.9 Å². The second kappa shape index (κ2) is 8.60. The second-order valence-electron chi connectivity index (χ2n) is 7.71. The number of piperidine rings is 3. The van der Waals surface area contributed by atoms with Gasteiger partial charge in [0.1, 0.15) is 5.03 Å². The van der Waals surface area contributed by atoms with Crippen LogP contribution in [0.1, 0.15) is 37.8 Å². The van der Waals surface area contributed by atoms with Gasteiger partial charge in [0, 0.05) is 23.5 Å². The van der Waals surface area contributed by atoms with Gasteiger partial charge in [0.25, 0.3) is 0 Å². The first-order valence-corrected chi connectivity index (χ1v) is 13.4. The maximum Gasteiger partial charge on any atom is 0.151 e. The summed E-state index contributed by atoms with van der Waals surface area (Å²) in [4.78, 5) is 7.36. The minimum Gasteiger partial charge on any atom is -0.303 e. The molecule has 5 heterocycles. The van der Waals surface area contributed by atoms with Crippen molar-refractivity contribution in [1.29, 1.82) is 0 Å². The number of hydrogen-bond acceptors (Lipinski definition) is 8. The third-order valence-corrected chi connectivity index (χ3v) is 9.80. The van der Waals surface area contributed by atoms with Crippen molar-refractivity contribution in [3.05, 3.63) is 30.0 Å². The molecule has 3 fully saturated rings. The van der Waals surface area contributed by atoms with Crippen molar-refractivity contribution in [3.63, 3.8) is 0 Å². The number of rotatable bonds is 7. The summed E-state index contributed by atoms with van der Waals surface area (Å²) in [5.41, 5.74) is 2.41. The fraction of sp³-hybridized carbons (Fsp3) is 0.550. The Kier molecular flexibility index (Phi) is 5.93. The van der Waals surface area contributed by atoms with Crippen molar-refractivity contribution < 1.29 is 0 Å². The number of hydrogen-bond donors (Lipinski definition) is 0. The molecule has 0 amide bonds. The lowest BCUT2D eigenvalue weighted by Crippen LogP contribution is -2.46. The van der Waals surface area contributed by atoms with Crippen LogP contribution in [0.15, 0.2) is 33.6 Å². The van der Waals surface area contributed by atoms with Gasteiger partial charge in [-0.25, -0.2) is 4.98 Å². The van der Waals surface area contributed by atoms with E-state index in [9.17, 15) is 0 Å². The molecule has 0 N–H and O–H groups in total. The number of thiazole rings is 1. The van der Waals surface area contributed by atoms with Gasteiger partial charge in [-0.15, -0.1) is 23.1 Å². The van der Waals surface area contributed by atoms with Gasteiger partial charge < -0.3 is 4.90 Å². The Balaban J connectivity index is 1.16. The summed E-state index contributed by atoms with van der Waals surface area (Å²) in [6.45, 7) is 6.06. The molecule has 0 saturated carbocycles. The lowest BCUT2D eigenvalue weighted by Gasteiger charge is -2.44. The van der Waals surface area contributed by atoms with E-state index in [0.717, 1.165) is 23.6 Å². The molecule has 6 rings (SSSR count). The van der Waals surface area contributed by atoms with Crippen LogP contribution in [0.2, 0.25) is 0 Å². The summed E-state index contributed by atoms with van der Waals surface area (Å²) in [5, 5.41) is 1.75. The molecule has 3 saturated heterocycles. The van der Waals surface area contributed by atoms with Crippen molar-refractivity contribution in [3.8, 4) is 0 Å². The van der Waals surface area contributed by atoms with Gasteiger partial charge in [0.2, 0.25) is 0 Å². The predicted octanol–water partition coefficient (Wildman–Crippen LogP) is 5.62. The van der Waals surface area contributed by atoms with Crippen LogP contribution in [0.5, 0.6) is 0 Å². The lowest BCUT2D eigenvalue weighted by atomic mass is 9.78. The molecule has 1 aromatic carbocycles. The molecule has 0 aliphatic carbocycles. The van der Waals surface area contributed by atoms with Crippen molar-refractivity contribution in [1.82, 2.24) is 18.6 Å². The van der Waals surface area contributed by atoms with E-state index in [1.54, 1.807) is 11.3 Å². The van der Waals surface area contributed by atoms with Gasteiger partial charge in [0.05, 0.1) is 27.6 Å². The zero-order valence-electron chi connectivity index (χ0n) is 15.9. The van der Waals surface area contributed by atoms with Crippen molar-refractivity contribution in [2.45, 2.75) is 46.7 Å². The summed E-state index contributed by atoms with van der Waals surface area (Å²) in [5.74, 6) is 2.53. The van der Waals surface area contributed by atoms with Crippen LogP contribution in [-0.2, 0) is 0 Å². The summed E-state index contributed by atoms with van der Waals surface area (Å²) >= 11 is 7.01. The molecule has 0 radical (unpaired) electrons. The molecule has 3 aromatic rings. The Labute approximate surface area is 182 Å². The molecular formula is C20H24N4S4. The van der Waals surface area contributed by atoms with Gasteiger partial charge >= 0.3 is 0 Å². The van der Waals surface area contributed by atoms with E-state index in [2.05, 4.69) is 40.5 Å². The van der Waals surface area contributed by atoms with E-state index < -0.39 is 0 Å². The first-order valence-electron chi connectivity index (χ1n) is 9.96. The van der Waals surface area contributed by atoms with E-state index in [4.69, 9.17) is 9.36 Å². The maximum absolute atomic E-state index is 4.76. The average Bonchev–Trinajstić information content (AvgIpc) is 3.35. The van der Waals surface area contributed by atoms with Crippen LogP contribution in [-0.4, -0.2) is 49.3 Å². The molecule has 3 aliphatic heterocycles. The number of fused-ring (bicyclic) bond motifs is 4. The second-order valence-corrected chi connectivity index (χ2v) is 12.0. The Morgan fingerprint density at radius 1 is 1.21 bits per heavy atom. The third kappa shape index (κ3) is 4.12. The third-order valence-electron chi connectivity index (χ3n) is 5.83. The Morgan fingerprint density at radius 3 is 2.86 bits per heavy atom. The van der Waals surface area contributed by atoms with Crippen LogP contribution in [0.4, 0.5) is 0 Å². The molecule has 2 aromatic heterocycles. The highest BCUT2D eigenvalue weighted by atomic mass is 32.2. The highest BCUT2D eigenvalue weighted by molar-refractivity contribution is 8.02. The molecule has 8 heteroatoms. The molecular weight excluding hydrogens is 425 g/mol. The zero-order valence-corrected chi connectivity index (χ0v) is 19.2. The van der Waals surface area contributed by atoms with Crippen LogP contribution in [0.3, 0.4) is 0 Å². The van der Waals surface area contributed by atoms with E-state index in [1.165, 1.54) is 64.0 Å². The molecule has 0 spiro atoms. The van der Waals surface area contributed by atoms with Crippen LogP contribution < -0.4 is 0 Å². The zero-order chi connectivity index (χ0) is 18.9. The monoisotopic (exact) mass is 448 g/mol. The average molecular weight is 449 g/mol. The summed E-state index contributed by atoms with van der Waals surface area (Å²) in [6, 6.07) is 8.40. The highest BCUT2D eigenvalue weighted by Crippen LogP contribution is 2.41. The van der Waals surface area contributed by atoms with Gasteiger partial charge in [-0.05, 0) is 50.4 Å².